The minimum absolute atomic E-state index is 0.0188. The highest BCUT2D eigenvalue weighted by Gasteiger charge is 2.20. The molecule has 1 saturated heterocycles. The van der Waals surface area contributed by atoms with Crippen molar-refractivity contribution in [3.8, 4) is 5.75 Å². The van der Waals surface area contributed by atoms with Gasteiger partial charge in [0.25, 0.3) is 0 Å². The maximum absolute atomic E-state index is 13.5. The van der Waals surface area contributed by atoms with Gasteiger partial charge in [-0.2, -0.15) is 0 Å². The van der Waals surface area contributed by atoms with Crippen LogP contribution in [-0.2, 0) is 4.79 Å². The highest BCUT2D eigenvalue weighted by atomic mass is 19.1. The van der Waals surface area contributed by atoms with Gasteiger partial charge in [-0.1, -0.05) is 12.1 Å². The van der Waals surface area contributed by atoms with E-state index in [0.29, 0.717) is 13.1 Å². The van der Waals surface area contributed by atoms with E-state index in [2.05, 4.69) is 15.5 Å². The lowest BCUT2D eigenvalue weighted by molar-refractivity contribution is -0.121. The molecule has 0 aromatic heterocycles. The summed E-state index contributed by atoms with van der Waals surface area (Å²) in [7, 11) is 0. The average molecular weight is 372 g/mol. The van der Waals surface area contributed by atoms with Crippen molar-refractivity contribution in [3.63, 3.8) is 0 Å². The number of nitrogens with one attached hydrogen (secondary N) is 2. The van der Waals surface area contributed by atoms with Crippen LogP contribution in [0.5, 0.6) is 5.75 Å². The van der Waals surface area contributed by atoms with Crippen molar-refractivity contribution in [2.24, 2.45) is 0 Å². The molecule has 27 heavy (non-hydrogen) atoms. The molecule has 1 fully saturated rings. The number of nitrogens with zero attached hydrogens (tertiary/aromatic N) is 2. The van der Waals surface area contributed by atoms with E-state index in [0.717, 1.165) is 18.8 Å². The van der Waals surface area contributed by atoms with E-state index >= 15 is 0 Å². The van der Waals surface area contributed by atoms with Gasteiger partial charge in [0.2, 0.25) is 5.91 Å². The molecule has 2 aromatic rings. The van der Waals surface area contributed by atoms with Crippen LogP contribution in [0.25, 0.3) is 0 Å². The van der Waals surface area contributed by atoms with E-state index in [1.54, 1.807) is 18.2 Å². The first-order valence-corrected chi connectivity index (χ1v) is 8.63. The normalized spacial score (nSPS) is 14.6. The minimum Gasteiger partial charge on any atom is -0.508 e. The lowest BCUT2D eigenvalue weighted by Crippen LogP contribution is -2.50. The van der Waals surface area contributed by atoms with Crippen LogP contribution in [0.4, 0.5) is 20.6 Å². The van der Waals surface area contributed by atoms with Crippen molar-refractivity contribution in [1.82, 2.24) is 10.2 Å². The molecule has 3 N–H and O–H groups in total. The summed E-state index contributed by atoms with van der Waals surface area (Å²) >= 11 is 0. The van der Waals surface area contributed by atoms with Crippen molar-refractivity contribution in [1.29, 1.82) is 0 Å². The lowest BCUT2D eigenvalue weighted by atomic mass is 10.2. The van der Waals surface area contributed by atoms with Crippen LogP contribution in [0.3, 0.4) is 0 Å². The van der Waals surface area contributed by atoms with Gasteiger partial charge < -0.3 is 15.3 Å². The first kappa shape index (κ1) is 18.7. The van der Waals surface area contributed by atoms with Crippen molar-refractivity contribution in [3.05, 3.63) is 54.3 Å². The van der Waals surface area contributed by atoms with Crippen molar-refractivity contribution >= 4 is 23.3 Å². The molecular formula is C19H21FN4O3. The molecule has 3 amide bonds. The fraction of sp³-hybridized carbons (Fsp3) is 0.263. The third kappa shape index (κ3) is 5.18. The molecule has 1 heterocycles. The third-order valence-electron chi connectivity index (χ3n) is 4.33. The summed E-state index contributed by atoms with van der Waals surface area (Å²) in [5, 5.41) is 13.9. The second-order valence-corrected chi connectivity index (χ2v) is 6.26. The minimum atomic E-state index is -0.757. The molecule has 0 spiro atoms. The Morgan fingerprint density at radius 2 is 1.67 bits per heavy atom. The Balaban J connectivity index is 1.43. The lowest BCUT2D eigenvalue weighted by Gasteiger charge is -2.35. The second kappa shape index (κ2) is 8.50. The summed E-state index contributed by atoms with van der Waals surface area (Å²) in [4.78, 5) is 28.0. The molecule has 0 saturated carbocycles. The van der Waals surface area contributed by atoms with E-state index in [1.165, 1.54) is 18.2 Å². The largest absolute Gasteiger partial charge is 0.508 e. The van der Waals surface area contributed by atoms with Gasteiger partial charge in [0.1, 0.15) is 11.6 Å². The molecule has 2 aromatic carbocycles. The number of phenols is 1. The number of halogens is 1. The number of para-hydroxylation sites is 1. The van der Waals surface area contributed by atoms with Crippen LogP contribution in [0.15, 0.2) is 48.5 Å². The number of carbonyl (C=O) groups excluding carboxylic acids is 2. The Kier molecular flexibility index (Phi) is 5.87. The Morgan fingerprint density at radius 1 is 1.00 bits per heavy atom. The first-order valence-electron chi connectivity index (χ1n) is 8.63. The van der Waals surface area contributed by atoms with Gasteiger partial charge >= 0.3 is 6.03 Å². The smallest absolute Gasteiger partial charge is 0.326 e. The third-order valence-corrected chi connectivity index (χ3v) is 4.33. The average Bonchev–Trinajstić information content (AvgIpc) is 2.65. The monoisotopic (exact) mass is 372 g/mol. The van der Waals surface area contributed by atoms with Crippen LogP contribution < -0.4 is 15.5 Å². The zero-order valence-electron chi connectivity index (χ0n) is 14.7. The Morgan fingerprint density at radius 3 is 2.33 bits per heavy atom. The number of carbonyl (C=O) groups is 2. The van der Waals surface area contributed by atoms with Crippen molar-refractivity contribution < 1.29 is 19.1 Å². The number of aromatic hydroxyl groups is 1. The molecule has 0 radical (unpaired) electrons. The van der Waals surface area contributed by atoms with E-state index in [4.69, 9.17) is 0 Å². The maximum atomic E-state index is 13.5. The summed E-state index contributed by atoms with van der Waals surface area (Å²) in [6.45, 7) is 2.90. The number of amides is 3. The SMILES string of the molecule is O=C(CN1CCN(c2ccc(O)cc2)CC1)NC(=O)Nc1ccccc1F. The molecule has 0 atom stereocenters. The van der Waals surface area contributed by atoms with Gasteiger partial charge in [-0.05, 0) is 36.4 Å². The summed E-state index contributed by atoms with van der Waals surface area (Å²) < 4.78 is 13.5. The van der Waals surface area contributed by atoms with E-state index < -0.39 is 17.8 Å². The summed E-state index contributed by atoms with van der Waals surface area (Å²) in [6.07, 6.45) is 0. The molecule has 7 nitrogen and oxygen atoms in total. The zero-order valence-corrected chi connectivity index (χ0v) is 14.7. The van der Waals surface area contributed by atoms with Gasteiger partial charge in [-0.25, -0.2) is 9.18 Å². The highest BCUT2D eigenvalue weighted by molar-refractivity contribution is 6.01. The standard InChI is InChI=1S/C19H21FN4O3/c20-16-3-1-2-4-17(16)21-19(27)22-18(26)13-23-9-11-24(12-10-23)14-5-7-15(25)8-6-14/h1-8,25H,9-13H2,(H2,21,22,26,27). The number of anilines is 2. The molecule has 0 bridgehead atoms. The van der Waals surface area contributed by atoms with Gasteiger partial charge in [0, 0.05) is 31.9 Å². The van der Waals surface area contributed by atoms with Crippen molar-refractivity contribution in [2.45, 2.75) is 0 Å². The number of imide groups is 1. The van der Waals surface area contributed by atoms with Crippen LogP contribution in [0.1, 0.15) is 0 Å². The van der Waals surface area contributed by atoms with Gasteiger partial charge in [0.05, 0.1) is 12.2 Å². The quantitative estimate of drug-likeness (QED) is 0.765. The Hall–Kier alpha value is -3.13. The maximum Gasteiger partial charge on any atom is 0.326 e. The zero-order chi connectivity index (χ0) is 19.2. The van der Waals surface area contributed by atoms with E-state index in [-0.39, 0.29) is 18.0 Å². The predicted octanol–water partition coefficient (Wildman–Crippen LogP) is 2.00. The molecule has 0 unspecified atom stereocenters. The van der Waals surface area contributed by atoms with Crippen LogP contribution in [0.2, 0.25) is 0 Å². The van der Waals surface area contributed by atoms with Crippen molar-refractivity contribution in [2.75, 3.05) is 42.9 Å². The molecule has 1 aliphatic rings. The summed E-state index contributed by atoms with van der Waals surface area (Å²) in [6, 6.07) is 12.0. The number of hydrogen-bond donors (Lipinski definition) is 3. The number of benzene rings is 2. The molecular weight excluding hydrogens is 351 g/mol. The first-order chi connectivity index (χ1) is 13.0. The van der Waals surface area contributed by atoms with Gasteiger partial charge in [-0.3, -0.25) is 15.0 Å². The number of rotatable bonds is 4. The van der Waals surface area contributed by atoms with Gasteiger partial charge in [-0.15, -0.1) is 0 Å². The summed E-state index contributed by atoms with van der Waals surface area (Å²) in [5.41, 5.74) is 1.03. The Labute approximate surface area is 156 Å². The topological polar surface area (TPSA) is 84.9 Å². The highest BCUT2D eigenvalue weighted by Crippen LogP contribution is 2.19. The van der Waals surface area contributed by atoms with Crippen LogP contribution in [-0.4, -0.2) is 54.7 Å². The van der Waals surface area contributed by atoms with E-state index in [9.17, 15) is 19.1 Å². The number of hydrogen-bond acceptors (Lipinski definition) is 5. The molecule has 8 heteroatoms. The van der Waals surface area contributed by atoms with Crippen LogP contribution in [0, 0.1) is 5.82 Å². The molecule has 3 rings (SSSR count). The number of phenolic OH excluding ortho intramolecular Hbond substituents is 1. The summed E-state index contributed by atoms with van der Waals surface area (Å²) in [5.74, 6) is -0.782. The predicted molar refractivity (Wildman–Crippen MR) is 100 cm³/mol. The van der Waals surface area contributed by atoms with E-state index in [1.807, 2.05) is 17.0 Å². The molecule has 1 aliphatic heterocycles. The number of piperazine rings is 1. The van der Waals surface area contributed by atoms with Crippen LogP contribution >= 0.6 is 0 Å². The molecule has 142 valence electrons. The second-order valence-electron chi connectivity index (χ2n) is 6.26. The fourth-order valence-electron chi connectivity index (χ4n) is 2.91. The fourth-order valence-corrected chi connectivity index (χ4v) is 2.91. The Bertz CT molecular complexity index is 805. The molecule has 0 aliphatic carbocycles. The number of urea groups is 1. The van der Waals surface area contributed by atoms with Gasteiger partial charge in [0.15, 0.2) is 0 Å².